The third-order valence-electron chi connectivity index (χ3n) is 6.81. The molecule has 0 spiro atoms. The highest BCUT2D eigenvalue weighted by atomic mass is 35.5. The minimum atomic E-state index is -0.0570. The molecule has 0 aromatic heterocycles. The fourth-order valence-corrected chi connectivity index (χ4v) is 6.66. The van der Waals surface area contributed by atoms with Crippen LogP contribution in [0.2, 0.25) is 5.02 Å². The molecular weight excluding hydrogens is 440 g/mol. The Morgan fingerprint density at radius 2 is 2.00 bits per heavy atom. The maximum absolute atomic E-state index is 13.1. The van der Waals surface area contributed by atoms with Crippen molar-refractivity contribution in [1.82, 2.24) is 10.6 Å². The van der Waals surface area contributed by atoms with Crippen molar-refractivity contribution >= 4 is 41.3 Å². The maximum Gasteiger partial charge on any atom is 0.257 e. The zero-order chi connectivity index (χ0) is 22.1. The second-order valence-electron chi connectivity index (χ2n) is 8.96. The highest BCUT2D eigenvalue weighted by Gasteiger charge is 2.40. The number of hydrogen-bond acceptors (Lipinski definition) is 3. The second-order valence-corrected chi connectivity index (χ2v) is 10.7. The number of rotatable bonds is 3. The summed E-state index contributed by atoms with van der Waals surface area (Å²) in [4.78, 5) is 26.6. The largest absolute Gasteiger partial charge is 0.349 e. The molecule has 166 valence electrons. The van der Waals surface area contributed by atoms with E-state index in [4.69, 9.17) is 11.6 Å². The summed E-state index contributed by atoms with van der Waals surface area (Å²) in [5.41, 5.74) is 3.54. The van der Waals surface area contributed by atoms with Crippen molar-refractivity contribution in [3.8, 4) is 0 Å². The van der Waals surface area contributed by atoms with Crippen LogP contribution in [0.4, 0.5) is 0 Å². The summed E-state index contributed by atoms with van der Waals surface area (Å²) < 4.78 is 0. The Balaban J connectivity index is 1.23. The van der Waals surface area contributed by atoms with Gasteiger partial charge in [-0.2, -0.15) is 0 Å². The van der Waals surface area contributed by atoms with Crippen molar-refractivity contribution in [2.75, 3.05) is 0 Å². The van der Waals surface area contributed by atoms with E-state index in [-0.39, 0.29) is 29.8 Å². The average Bonchev–Trinajstić information content (AvgIpc) is 2.79. The molecule has 2 aromatic carbocycles. The normalized spacial score (nSPS) is 28.4. The summed E-state index contributed by atoms with van der Waals surface area (Å²) in [5, 5.41) is 7.44. The highest BCUT2D eigenvalue weighted by molar-refractivity contribution is 8.04. The predicted molar refractivity (Wildman–Crippen MR) is 130 cm³/mol. The lowest BCUT2D eigenvalue weighted by molar-refractivity contribution is -0.128. The van der Waals surface area contributed by atoms with Crippen molar-refractivity contribution in [3.63, 3.8) is 0 Å². The minimum absolute atomic E-state index is 0.0344. The van der Waals surface area contributed by atoms with Gasteiger partial charge >= 0.3 is 0 Å². The third-order valence-corrected chi connectivity index (χ3v) is 8.47. The van der Waals surface area contributed by atoms with Crippen molar-refractivity contribution in [2.45, 2.75) is 55.9 Å². The molecule has 2 amide bonds. The fraction of sp³-hybridized carbons (Fsp3) is 0.385. The first kappa shape index (κ1) is 21.6. The van der Waals surface area contributed by atoms with Crippen molar-refractivity contribution in [2.24, 2.45) is 5.92 Å². The lowest BCUT2D eigenvalue weighted by Gasteiger charge is -2.39. The summed E-state index contributed by atoms with van der Waals surface area (Å²) in [6.07, 6.45) is 7.56. The van der Waals surface area contributed by atoms with Gasteiger partial charge in [0, 0.05) is 22.2 Å². The van der Waals surface area contributed by atoms with Crippen LogP contribution in [0.1, 0.15) is 54.8 Å². The quantitative estimate of drug-likeness (QED) is 0.605. The van der Waals surface area contributed by atoms with E-state index >= 15 is 0 Å². The van der Waals surface area contributed by atoms with Crippen LogP contribution >= 0.6 is 23.4 Å². The molecule has 4 nitrogen and oxygen atoms in total. The van der Waals surface area contributed by atoms with E-state index in [1.54, 1.807) is 11.8 Å². The summed E-state index contributed by atoms with van der Waals surface area (Å²) in [6.45, 7) is 0. The third kappa shape index (κ3) is 4.60. The standard InChI is InChI=1S/C26H27ClN2O2S/c27-19-8-3-5-16(13-19)14-24-26(31)29-22-15-18(11-12-23(22)32-24)25(30)28-21-10-4-7-17-6-1-2-9-20(17)21/h1-3,5-6,8-9,13-14,18,21-23H,4,7,10-12,15H2,(H,28,30)(H,29,31)/b24-14+. The number of nitrogens with one attached hydrogen (secondary N) is 2. The van der Waals surface area contributed by atoms with Gasteiger partial charge in [-0.15, -0.1) is 11.8 Å². The molecule has 1 saturated heterocycles. The van der Waals surface area contributed by atoms with E-state index in [1.165, 1.54) is 11.1 Å². The summed E-state index contributed by atoms with van der Waals surface area (Å²) in [7, 11) is 0. The number of benzene rings is 2. The maximum atomic E-state index is 13.1. The van der Waals surface area contributed by atoms with E-state index < -0.39 is 0 Å². The first-order valence-corrected chi connectivity index (χ1v) is 12.7. The minimum Gasteiger partial charge on any atom is -0.349 e. The van der Waals surface area contributed by atoms with Crippen LogP contribution in [0.15, 0.2) is 53.4 Å². The van der Waals surface area contributed by atoms with Gasteiger partial charge in [-0.1, -0.05) is 48.0 Å². The van der Waals surface area contributed by atoms with Gasteiger partial charge in [0.25, 0.3) is 5.91 Å². The Morgan fingerprint density at radius 1 is 1.12 bits per heavy atom. The van der Waals surface area contributed by atoms with E-state index in [0.29, 0.717) is 16.7 Å². The highest BCUT2D eigenvalue weighted by Crippen LogP contribution is 2.40. The molecular formula is C26H27ClN2O2S. The van der Waals surface area contributed by atoms with Crippen LogP contribution in [0.25, 0.3) is 6.08 Å². The van der Waals surface area contributed by atoms with Gasteiger partial charge < -0.3 is 10.6 Å². The van der Waals surface area contributed by atoms with E-state index in [0.717, 1.165) is 42.6 Å². The van der Waals surface area contributed by atoms with Crippen molar-refractivity contribution < 1.29 is 9.59 Å². The lowest BCUT2D eigenvalue weighted by atomic mass is 9.83. The van der Waals surface area contributed by atoms with Gasteiger partial charge in [-0.25, -0.2) is 0 Å². The Kier molecular flexibility index (Phi) is 6.29. The molecule has 4 unspecified atom stereocenters. The molecule has 32 heavy (non-hydrogen) atoms. The van der Waals surface area contributed by atoms with Crippen molar-refractivity contribution in [1.29, 1.82) is 0 Å². The molecule has 3 aliphatic rings. The summed E-state index contributed by atoms with van der Waals surface area (Å²) in [6, 6.07) is 16.1. The molecule has 6 heteroatoms. The number of halogens is 1. The zero-order valence-electron chi connectivity index (χ0n) is 17.9. The average molecular weight is 467 g/mol. The molecule has 2 fully saturated rings. The van der Waals surface area contributed by atoms with Gasteiger partial charge in [0.1, 0.15) is 0 Å². The van der Waals surface area contributed by atoms with Crippen LogP contribution in [-0.4, -0.2) is 23.1 Å². The van der Waals surface area contributed by atoms with Gasteiger partial charge in [-0.3, -0.25) is 9.59 Å². The van der Waals surface area contributed by atoms with Crippen LogP contribution in [0.3, 0.4) is 0 Å². The summed E-state index contributed by atoms with van der Waals surface area (Å²) >= 11 is 7.72. The predicted octanol–water partition coefficient (Wildman–Crippen LogP) is 5.28. The van der Waals surface area contributed by atoms with Gasteiger partial charge in [0.15, 0.2) is 0 Å². The number of carbonyl (C=O) groups is 2. The second kappa shape index (κ2) is 9.32. The van der Waals surface area contributed by atoms with Crippen LogP contribution < -0.4 is 10.6 Å². The number of aryl methyl sites for hydroxylation is 1. The first-order chi connectivity index (χ1) is 15.6. The Hall–Kier alpha value is -2.24. The monoisotopic (exact) mass is 466 g/mol. The molecule has 2 aromatic rings. The van der Waals surface area contributed by atoms with Gasteiger partial charge in [-0.05, 0) is 73.4 Å². The first-order valence-electron chi connectivity index (χ1n) is 11.4. The van der Waals surface area contributed by atoms with E-state index in [1.807, 2.05) is 30.3 Å². The van der Waals surface area contributed by atoms with Crippen molar-refractivity contribution in [3.05, 3.63) is 75.1 Å². The van der Waals surface area contributed by atoms with E-state index in [9.17, 15) is 9.59 Å². The van der Waals surface area contributed by atoms with E-state index in [2.05, 4.69) is 34.9 Å². The van der Waals surface area contributed by atoms with Gasteiger partial charge in [0.2, 0.25) is 5.91 Å². The molecule has 2 aliphatic carbocycles. The fourth-order valence-electron chi connectivity index (χ4n) is 5.17. The Morgan fingerprint density at radius 3 is 2.88 bits per heavy atom. The number of amides is 2. The topological polar surface area (TPSA) is 58.2 Å². The van der Waals surface area contributed by atoms with Gasteiger partial charge in [0.05, 0.1) is 10.9 Å². The SMILES string of the molecule is O=C1NC2CC(C(=O)NC3CCCc4ccccc43)CCC2S/C1=C/c1cccc(Cl)c1. The number of thioether (sulfide) groups is 1. The molecule has 5 rings (SSSR count). The lowest BCUT2D eigenvalue weighted by Crippen LogP contribution is -2.51. The molecule has 1 aliphatic heterocycles. The summed E-state index contributed by atoms with van der Waals surface area (Å²) in [5.74, 6) is 0.0212. The number of fused-ring (bicyclic) bond motifs is 2. The molecule has 0 bridgehead atoms. The Bertz CT molecular complexity index is 1070. The number of carbonyl (C=O) groups excluding carboxylic acids is 2. The molecule has 1 saturated carbocycles. The number of hydrogen-bond donors (Lipinski definition) is 2. The zero-order valence-corrected chi connectivity index (χ0v) is 19.4. The van der Waals surface area contributed by atoms with Crippen LogP contribution in [-0.2, 0) is 16.0 Å². The molecule has 0 radical (unpaired) electrons. The smallest absolute Gasteiger partial charge is 0.257 e. The molecule has 1 heterocycles. The Labute approximate surface area is 198 Å². The van der Waals surface area contributed by atoms with Crippen LogP contribution in [0, 0.1) is 5.92 Å². The molecule has 2 N–H and O–H groups in total. The molecule has 4 atom stereocenters. The van der Waals surface area contributed by atoms with Crippen LogP contribution in [0.5, 0.6) is 0 Å².